The van der Waals surface area contributed by atoms with E-state index >= 15 is 0 Å². The molecular weight excluding hydrogens is 345 g/mol. The first-order valence-electron chi connectivity index (χ1n) is 6.29. The van der Waals surface area contributed by atoms with Crippen molar-refractivity contribution < 1.29 is 13.2 Å². The third-order valence-electron chi connectivity index (χ3n) is 3.31. The molecule has 0 fully saturated rings. The van der Waals surface area contributed by atoms with E-state index in [0.717, 1.165) is 23.3 Å². The van der Waals surface area contributed by atoms with Crippen molar-refractivity contribution in [2.75, 3.05) is 7.05 Å². The Labute approximate surface area is 129 Å². The molecule has 0 saturated heterocycles. The Morgan fingerprint density at radius 2 is 1.90 bits per heavy atom. The highest BCUT2D eigenvalue weighted by atomic mass is 79.9. The molecular formula is C15H14BrF3N2. The highest BCUT2D eigenvalue weighted by Gasteiger charge is 2.32. The molecule has 1 unspecified atom stereocenters. The van der Waals surface area contributed by atoms with Crippen molar-refractivity contribution in [1.82, 2.24) is 10.3 Å². The van der Waals surface area contributed by atoms with Crippen molar-refractivity contribution in [2.24, 2.45) is 0 Å². The molecule has 112 valence electrons. The molecule has 0 aliphatic heterocycles. The number of rotatable bonds is 3. The molecule has 6 heteroatoms. The third kappa shape index (κ3) is 3.44. The maximum absolute atomic E-state index is 12.9. The van der Waals surface area contributed by atoms with Crippen LogP contribution in [0, 0.1) is 6.92 Å². The Morgan fingerprint density at radius 1 is 1.19 bits per heavy atom. The second kappa shape index (κ2) is 6.15. The molecule has 1 heterocycles. The number of alkyl halides is 3. The van der Waals surface area contributed by atoms with Crippen LogP contribution in [-0.2, 0) is 6.18 Å². The van der Waals surface area contributed by atoms with Crippen LogP contribution in [-0.4, -0.2) is 12.0 Å². The van der Waals surface area contributed by atoms with Crippen LogP contribution in [0.15, 0.2) is 41.1 Å². The number of pyridine rings is 1. The largest absolute Gasteiger partial charge is 0.416 e. The summed E-state index contributed by atoms with van der Waals surface area (Å²) in [5, 5.41) is 3.06. The second-order valence-corrected chi connectivity index (χ2v) is 5.54. The first-order valence-corrected chi connectivity index (χ1v) is 7.08. The highest BCUT2D eigenvalue weighted by Crippen LogP contribution is 2.36. The summed E-state index contributed by atoms with van der Waals surface area (Å²) in [4.78, 5) is 4.06. The number of hydrogen-bond acceptors (Lipinski definition) is 2. The molecule has 2 aromatic rings. The molecule has 1 aromatic carbocycles. The molecule has 0 spiro atoms. The summed E-state index contributed by atoms with van der Waals surface area (Å²) in [6.07, 6.45) is -1.03. The van der Waals surface area contributed by atoms with E-state index in [4.69, 9.17) is 0 Å². The van der Waals surface area contributed by atoms with Crippen LogP contribution in [0.3, 0.4) is 0 Å². The van der Waals surface area contributed by atoms with Gasteiger partial charge in [-0.05, 0) is 54.9 Å². The number of benzene rings is 1. The van der Waals surface area contributed by atoms with E-state index in [2.05, 4.69) is 26.2 Å². The van der Waals surface area contributed by atoms with Crippen molar-refractivity contribution in [3.8, 4) is 0 Å². The summed E-state index contributed by atoms with van der Waals surface area (Å²) in [6.45, 7) is 1.91. The molecule has 1 N–H and O–H groups in total. The number of hydrogen-bond donors (Lipinski definition) is 1. The normalized spacial score (nSPS) is 13.2. The fraction of sp³-hybridized carbons (Fsp3) is 0.267. The Balaban J connectivity index is 2.55. The summed E-state index contributed by atoms with van der Waals surface area (Å²) in [7, 11) is 1.71. The monoisotopic (exact) mass is 358 g/mol. The van der Waals surface area contributed by atoms with E-state index < -0.39 is 11.7 Å². The van der Waals surface area contributed by atoms with Crippen molar-refractivity contribution in [3.63, 3.8) is 0 Å². The lowest BCUT2D eigenvalue weighted by Gasteiger charge is -2.21. The Bertz CT molecular complexity index is 641. The quantitative estimate of drug-likeness (QED) is 0.874. The van der Waals surface area contributed by atoms with Crippen LogP contribution in [0.5, 0.6) is 0 Å². The lowest BCUT2D eigenvalue weighted by Crippen LogP contribution is -2.20. The summed E-state index contributed by atoms with van der Waals surface area (Å²) in [5.41, 5.74) is 1.68. The predicted octanol–water partition coefficient (Wildman–Crippen LogP) is 4.48. The van der Waals surface area contributed by atoms with Gasteiger partial charge in [-0.1, -0.05) is 15.9 Å². The minimum absolute atomic E-state index is 0.365. The predicted molar refractivity (Wildman–Crippen MR) is 79.0 cm³/mol. The van der Waals surface area contributed by atoms with Crippen molar-refractivity contribution in [3.05, 3.63) is 63.4 Å². The summed E-state index contributed by atoms with van der Waals surface area (Å²) in [5.74, 6) is 0. The molecule has 0 radical (unpaired) electrons. The molecule has 0 bridgehead atoms. The zero-order chi connectivity index (χ0) is 15.6. The number of halogens is 4. The number of aryl methyl sites for hydroxylation is 1. The average molecular weight is 359 g/mol. The third-order valence-corrected chi connectivity index (χ3v) is 4.04. The van der Waals surface area contributed by atoms with Crippen molar-refractivity contribution in [2.45, 2.75) is 19.1 Å². The maximum atomic E-state index is 12.9. The van der Waals surface area contributed by atoms with Crippen LogP contribution in [0.1, 0.15) is 28.3 Å². The van der Waals surface area contributed by atoms with E-state index in [0.29, 0.717) is 10.0 Å². The minimum atomic E-state index is -4.36. The number of aromatic nitrogens is 1. The molecule has 0 aliphatic carbocycles. The Morgan fingerprint density at radius 3 is 2.48 bits per heavy atom. The molecule has 0 aliphatic rings. The van der Waals surface area contributed by atoms with Gasteiger partial charge >= 0.3 is 6.18 Å². The van der Waals surface area contributed by atoms with Crippen molar-refractivity contribution in [1.29, 1.82) is 0 Å². The first-order chi connectivity index (χ1) is 9.84. The van der Waals surface area contributed by atoms with Crippen LogP contribution < -0.4 is 5.32 Å². The van der Waals surface area contributed by atoms with Gasteiger partial charge in [0.1, 0.15) is 0 Å². The van der Waals surface area contributed by atoms with Crippen LogP contribution >= 0.6 is 15.9 Å². The van der Waals surface area contributed by atoms with Gasteiger partial charge in [0.2, 0.25) is 0 Å². The lowest BCUT2D eigenvalue weighted by molar-refractivity contribution is -0.137. The maximum Gasteiger partial charge on any atom is 0.416 e. The molecule has 2 rings (SSSR count). The van der Waals surface area contributed by atoms with Gasteiger partial charge in [-0.3, -0.25) is 4.98 Å². The van der Waals surface area contributed by atoms with Gasteiger partial charge in [-0.2, -0.15) is 13.2 Å². The fourth-order valence-electron chi connectivity index (χ4n) is 2.20. The fourth-order valence-corrected chi connectivity index (χ4v) is 2.67. The number of nitrogens with zero attached hydrogens (tertiary/aromatic N) is 1. The van der Waals surface area contributed by atoms with Gasteiger partial charge in [-0.25, -0.2) is 0 Å². The van der Waals surface area contributed by atoms with Gasteiger partial charge in [0.15, 0.2) is 0 Å². The van der Waals surface area contributed by atoms with Crippen LogP contribution in [0.25, 0.3) is 0 Å². The van der Waals surface area contributed by atoms with Gasteiger partial charge in [0, 0.05) is 16.9 Å². The lowest BCUT2D eigenvalue weighted by atomic mass is 9.95. The van der Waals surface area contributed by atoms with E-state index in [9.17, 15) is 13.2 Å². The Kier molecular flexibility index (Phi) is 4.68. The highest BCUT2D eigenvalue weighted by molar-refractivity contribution is 9.10. The van der Waals surface area contributed by atoms with Crippen molar-refractivity contribution >= 4 is 15.9 Å². The van der Waals surface area contributed by atoms with Crippen LogP contribution in [0.2, 0.25) is 0 Å². The summed E-state index contributed by atoms with van der Waals surface area (Å²) >= 11 is 3.33. The summed E-state index contributed by atoms with van der Waals surface area (Å²) in [6, 6.07) is 5.12. The molecule has 1 atom stereocenters. The molecule has 1 aromatic heterocycles. The Hall–Kier alpha value is -1.40. The van der Waals surface area contributed by atoms with Gasteiger partial charge < -0.3 is 5.32 Å². The van der Waals surface area contributed by atoms with Gasteiger partial charge in [-0.15, -0.1) is 0 Å². The van der Waals surface area contributed by atoms with Crippen LogP contribution in [0.4, 0.5) is 13.2 Å². The summed E-state index contributed by atoms with van der Waals surface area (Å²) < 4.78 is 39.3. The second-order valence-electron chi connectivity index (χ2n) is 4.69. The SMILES string of the molecule is CNC(c1cnccc1C)c1cc(C(F)(F)F)ccc1Br. The van der Waals surface area contributed by atoms with E-state index in [1.807, 2.05) is 13.0 Å². The smallest absolute Gasteiger partial charge is 0.309 e. The average Bonchev–Trinajstić information content (AvgIpc) is 2.42. The molecule has 0 saturated carbocycles. The van der Waals surface area contributed by atoms with E-state index in [1.165, 1.54) is 6.07 Å². The zero-order valence-corrected chi connectivity index (χ0v) is 13.1. The van der Waals surface area contributed by atoms with E-state index in [1.54, 1.807) is 19.4 Å². The number of nitrogens with one attached hydrogen (secondary N) is 1. The first kappa shape index (κ1) is 16.0. The zero-order valence-electron chi connectivity index (χ0n) is 11.5. The van der Waals surface area contributed by atoms with E-state index in [-0.39, 0.29) is 6.04 Å². The minimum Gasteiger partial charge on any atom is -0.309 e. The molecule has 21 heavy (non-hydrogen) atoms. The molecule has 2 nitrogen and oxygen atoms in total. The van der Waals surface area contributed by atoms with Gasteiger partial charge in [0.05, 0.1) is 11.6 Å². The molecule has 0 amide bonds. The van der Waals surface area contributed by atoms with Gasteiger partial charge in [0.25, 0.3) is 0 Å². The topological polar surface area (TPSA) is 24.9 Å². The standard InChI is InChI=1S/C15H14BrF3N2/c1-9-5-6-21-8-12(9)14(20-2)11-7-10(15(17,18)19)3-4-13(11)16/h3-8,14,20H,1-2H3.